The van der Waals surface area contributed by atoms with E-state index in [1.54, 1.807) is 6.07 Å². The number of aliphatic carboxylic acids is 1. The van der Waals surface area contributed by atoms with E-state index in [1.807, 2.05) is 31.3 Å². The van der Waals surface area contributed by atoms with E-state index in [9.17, 15) is 9.90 Å². The number of likely N-dealkylation sites (tertiary alicyclic amines) is 1. The van der Waals surface area contributed by atoms with Gasteiger partial charge in [0, 0.05) is 41.9 Å². The van der Waals surface area contributed by atoms with Gasteiger partial charge in [-0.2, -0.15) is 9.97 Å². The fourth-order valence-electron chi connectivity index (χ4n) is 6.46. The molecule has 38 heavy (non-hydrogen) atoms. The van der Waals surface area contributed by atoms with Gasteiger partial charge in [-0.15, -0.1) is 0 Å². The first kappa shape index (κ1) is 25.7. The minimum Gasteiger partial charge on any atom is -0.481 e. The van der Waals surface area contributed by atoms with Gasteiger partial charge in [0.25, 0.3) is 0 Å². The third kappa shape index (κ3) is 4.71. The van der Waals surface area contributed by atoms with E-state index in [-0.39, 0.29) is 6.04 Å². The van der Waals surface area contributed by atoms with Gasteiger partial charge in [-0.3, -0.25) is 4.79 Å². The maximum atomic E-state index is 11.5. The number of carbonyl (C=O) groups is 1. The lowest BCUT2D eigenvalue weighted by Crippen LogP contribution is -2.58. The molecule has 1 saturated carbocycles. The standard InChI is InChI=1S/C28H34Cl2N6O2/c1-16(21-6-5-19(29)10-23(21)30)32-25-22-7-8-31-24(22)33-27(34-25)36-14-18(15-36)17-4-3-9-35(13-17)20-11-28(2,12-20)26(37)38/h5-8,10,16-18,20H,3-4,9,11-15H2,1-2H3,(H,37,38)(H2,31,32,33,34)/t16?,17-,20?,28?/m0/s1. The lowest BCUT2D eigenvalue weighted by atomic mass is 9.65. The van der Waals surface area contributed by atoms with Crippen LogP contribution in [0.15, 0.2) is 30.5 Å². The number of carboxylic acid groups (broad SMARTS) is 1. The van der Waals surface area contributed by atoms with Crippen molar-refractivity contribution in [3.8, 4) is 0 Å². The molecule has 3 aromatic rings. The first-order valence-electron chi connectivity index (χ1n) is 13.5. The molecule has 6 rings (SSSR count). The topological polar surface area (TPSA) is 97.4 Å². The van der Waals surface area contributed by atoms with Crippen molar-refractivity contribution in [3.05, 3.63) is 46.1 Å². The van der Waals surface area contributed by atoms with Crippen LogP contribution in [0.25, 0.3) is 11.0 Å². The highest BCUT2D eigenvalue weighted by atomic mass is 35.5. The Morgan fingerprint density at radius 1 is 1.18 bits per heavy atom. The Morgan fingerprint density at radius 2 is 1.97 bits per heavy atom. The molecule has 3 N–H and O–H groups in total. The van der Waals surface area contributed by atoms with Gasteiger partial charge in [-0.25, -0.2) is 0 Å². The number of hydrogen-bond acceptors (Lipinski definition) is 6. The number of nitrogens with zero attached hydrogens (tertiary/aromatic N) is 4. The van der Waals surface area contributed by atoms with Crippen molar-refractivity contribution in [2.45, 2.75) is 51.6 Å². The predicted octanol–water partition coefficient (Wildman–Crippen LogP) is 5.84. The van der Waals surface area contributed by atoms with Gasteiger partial charge in [0.1, 0.15) is 11.5 Å². The van der Waals surface area contributed by atoms with E-state index in [1.165, 1.54) is 12.8 Å². The maximum absolute atomic E-state index is 11.5. The van der Waals surface area contributed by atoms with E-state index in [2.05, 4.69) is 27.0 Å². The summed E-state index contributed by atoms with van der Waals surface area (Å²) in [6.07, 6.45) is 5.85. The minimum absolute atomic E-state index is 0.0625. The smallest absolute Gasteiger partial charge is 0.309 e. The third-order valence-corrected chi connectivity index (χ3v) is 9.50. The number of aromatic nitrogens is 3. The normalized spacial score (nSPS) is 27.1. The SMILES string of the molecule is CC(Nc1nc(N2CC([C@H]3CCCN(C4CC(C)(C(=O)O)C4)C3)C2)nc2[nH]ccc12)c1ccc(Cl)cc1Cl. The molecule has 0 bridgehead atoms. The molecule has 0 spiro atoms. The van der Waals surface area contributed by atoms with Crippen molar-refractivity contribution < 1.29 is 9.90 Å². The number of nitrogens with one attached hydrogen (secondary N) is 2. The molecule has 4 heterocycles. The average Bonchev–Trinajstić information content (AvgIpc) is 3.30. The summed E-state index contributed by atoms with van der Waals surface area (Å²) in [6.45, 7) is 7.99. The summed E-state index contributed by atoms with van der Waals surface area (Å²) in [6, 6.07) is 7.89. The van der Waals surface area contributed by atoms with Crippen LogP contribution in [0.3, 0.4) is 0 Å². The van der Waals surface area contributed by atoms with Gasteiger partial charge in [0.2, 0.25) is 5.95 Å². The van der Waals surface area contributed by atoms with E-state index in [0.29, 0.717) is 27.9 Å². The molecule has 0 radical (unpaired) electrons. The van der Waals surface area contributed by atoms with Crippen LogP contribution in [-0.2, 0) is 4.79 Å². The molecule has 1 unspecified atom stereocenters. The van der Waals surface area contributed by atoms with Crippen molar-refractivity contribution in [1.29, 1.82) is 0 Å². The Morgan fingerprint density at radius 3 is 2.71 bits per heavy atom. The highest BCUT2D eigenvalue weighted by Crippen LogP contribution is 2.45. The molecule has 2 aliphatic heterocycles. The van der Waals surface area contributed by atoms with Gasteiger partial charge in [-0.1, -0.05) is 29.3 Å². The Labute approximate surface area is 232 Å². The molecule has 10 heteroatoms. The molecule has 2 atom stereocenters. The lowest BCUT2D eigenvalue weighted by Gasteiger charge is -2.52. The van der Waals surface area contributed by atoms with Crippen LogP contribution in [0.2, 0.25) is 10.0 Å². The molecular weight excluding hydrogens is 523 g/mol. The predicted molar refractivity (Wildman–Crippen MR) is 151 cm³/mol. The first-order chi connectivity index (χ1) is 18.2. The second kappa shape index (κ2) is 9.88. The molecule has 202 valence electrons. The molecule has 1 aromatic carbocycles. The molecule has 1 aliphatic carbocycles. The fraction of sp³-hybridized carbons (Fsp3) is 0.536. The van der Waals surface area contributed by atoms with Crippen LogP contribution < -0.4 is 10.2 Å². The molecule has 3 fully saturated rings. The van der Waals surface area contributed by atoms with Crippen LogP contribution in [0.1, 0.15) is 51.1 Å². The van der Waals surface area contributed by atoms with Crippen molar-refractivity contribution in [2.75, 3.05) is 36.4 Å². The van der Waals surface area contributed by atoms with Crippen molar-refractivity contribution in [3.63, 3.8) is 0 Å². The number of H-pyrrole nitrogens is 1. The van der Waals surface area contributed by atoms with Gasteiger partial charge in [0.15, 0.2) is 0 Å². The van der Waals surface area contributed by atoms with Crippen LogP contribution in [0.5, 0.6) is 0 Å². The zero-order valence-electron chi connectivity index (χ0n) is 21.8. The number of piperidine rings is 1. The van der Waals surface area contributed by atoms with Crippen LogP contribution in [0, 0.1) is 17.3 Å². The maximum Gasteiger partial charge on any atom is 0.309 e. The zero-order chi connectivity index (χ0) is 26.6. The Hall–Kier alpha value is -2.55. The van der Waals surface area contributed by atoms with Crippen molar-refractivity contribution >= 4 is 52.0 Å². The molecule has 0 amide bonds. The molecular formula is C28H34Cl2N6O2. The Balaban J connectivity index is 1.11. The lowest BCUT2D eigenvalue weighted by molar-refractivity contribution is -0.158. The summed E-state index contributed by atoms with van der Waals surface area (Å²) in [5.74, 6) is 2.10. The van der Waals surface area contributed by atoms with Crippen LogP contribution in [-0.4, -0.2) is 63.1 Å². The summed E-state index contributed by atoms with van der Waals surface area (Å²) in [7, 11) is 0. The number of aromatic amines is 1. The van der Waals surface area contributed by atoms with Crippen molar-refractivity contribution in [2.24, 2.45) is 17.3 Å². The molecule has 2 saturated heterocycles. The molecule has 2 aromatic heterocycles. The number of halogens is 2. The van der Waals surface area contributed by atoms with Gasteiger partial charge >= 0.3 is 5.97 Å². The molecule has 3 aliphatic rings. The average molecular weight is 558 g/mol. The molecule has 8 nitrogen and oxygen atoms in total. The largest absolute Gasteiger partial charge is 0.481 e. The minimum atomic E-state index is -0.657. The first-order valence-corrected chi connectivity index (χ1v) is 14.2. The number of anilines is 2. The number of fused-ring (bicyclic) bond motifs is 1. The van der Waals surface area contributed by atoms with Crippen LogP contribution in [0.4, 0.5) is 11.8 Å². The third-order valence-electron chi connectivity index (χ3n) is 8.94. The van der Waals surface area contributed by atoms with Gasteiger partial charge in [0.05, 0.1) is 16.8 Å². The van der Waals surface area contributed by atoms with E-state index in [4.69, 9.17) is 33.2 Å². The number of benzene rings is 1. The second-order valence-corrected chi connectivity index (χ2v) is 12.5. The monoisotopic (exact) mass is 556 g/mol. The van der Waals surface area contributed by atoms with Gasteiger partial charge in [-0.05, 0) is 81.7 Å². The highest BCUT2D eigenvalue weighted by molar-refractivity contribution is 6.35. The Kier molecular flexibility index (Phi) is 6.69. The summed E-state index contributed by atoms with van der Waals surface area (Å²) < 4.78 is 0. The second-order valence-electron chi connectivity index (χ2n) is 11.6. The highest BCUT2D eigenvalue weighted by Gasteiger charge is 2.49. The quantitative estimate of drug-likeness (QED) is 0.336. The van der Waals surface area contributed by atoms with E-state index < -0.39 is 11.4 Å². The number of hydrogen-bond donors (Lipinski definition) is 3. The van der Waals surface area contributed by atoms with E-state index >= 15 is 0 Å². The van der Waals surface area contributed by atoms with Crippen molar-refractivity contribution in [1.82, 2.24) is 19.9 Å². The summed E-state index contributed by atoms with van der Waals surface area (Å²) >= 11 is 12.5. The Bertz CT molecular complexity index is 1350. The fourth-order valence-corrected chi connectivity index (χ4v) is 7.03. The number of carboxylic acids is 1. The summed E-state index contributed by atoms with van der Waals surface area (Å²) in [4.78, 5) is 29.3. The summed E-state index contributed by atoms with van der Waals surface area (Å²) in [5, 5.41) is 15.2. The van der Waals surface area contributed by atoms with Crippen LogP contribution >= 0.6 is 23.2 Å². The zero-order valence-corrected chi connectivity index (χ0v) is 23.3. The summed E-state index contributed by atoms with van der Waals surface area (Å²) in [5.41, 5.74) is 1.23. The number of rotatable bonds is 7. The van der Waals surface area contributed by atoms with E-state index in [0.717, 1.165) is 67.4 Å². The van der Waals surface area contributed by atoms with Gasteiger partial charge < -0.3 is 25.2 Å².